The Hall–Kier alpha value is -2.69. The van der Waals surface area contributed by atoms with Crippen molar-refractivity contribution in [2.75, 3.05) is 26.3 Å². The van der Waals surface area contributed by atoms with Gasteiger partial charge in [0, 0.05) is 6.54 Å². The molecule has 1 amide bonds. The smallest absolute Gasteiger partial charge is 0.226 e. The Morgan fingerprint density at radius 2 is 2.00 bits per heavy atom. The molecule has 1 aliphatic rings. The van der Waals surface area contributed by atoms with E-state index in [4.69, 9.17) is 14.2 Å². The Morgan fingerprint density at radius 1 is 1.19 bits per heavy atom. The van der Waals surface area contributed by atoms with Gasteiger partial charge in [0.05, 0.1) is 19.6 Å². The lowest BCUT2D eigenvalue weighted by molar-refractivity contribution is -0.133. The highest BCUT2D eigenvalue weighted by atomic mass is 16.6. The molecule has 0 saturated carbocycles. The van der Waals surface area contributed by atoms with Crippen LogP contribution in [0, 0.1) is 6.92 Å². The number of benzene rings is 2. The van der Waals surface area contributed by atoms with Crippen molar-refractivity contribution in [2.24, 2.45) is 0 Å². The molecule has 1 unspecified atom stereocenters. The van der Waals surface area contributed by atoms with Crippen LogP contribution >= 0.6 is 0 Å². The molecule has 3 rings (SSSR count). The minimum Gasteiger partial charge on any atom is -0.493 e. The van der Waals surface area contributed by atoms with Gasteiger partial charge in [0.25, 0.3) is 0 Å². The molecule has 5 nitrogen and oxygen atoms in total. The molecule has 1 aliphatic heterocycles. The van der Waals surface area contributed by atoms with Crippen LogP contribution in [0.5, 0.6) is 17.2 Å². The number of ether oxygens (including phenoxy) is 3. The molecule has 2 aromatic carbocycles. The van der Waals surface area contributed by atoms with E-state index in [0.717, 1.165) is 22.8 Å². The topological polar surface area (TPSA) is 48.0 Å². The summed E-state index contributed by atoms with van der Waals surface area (Å²) in [6.45, 7) is 5.93. The molecule has 5 heteroatoms. The maximum atomic E-state index is 12.5. The highest BCUT2D eigenvalue weighted by Crippen LogP contribution is 2.31. The van der Waals surface area contributed by atoms with Crippen molar-refractivity contribution in [3.8, 4) is 17.2 Å². The zero-order chi connectivity index (χ0) is 18.4. The van der Waals surface area contributed by atoms with Gasteiger partial charge < -0.3 is 19.1 Å². The molecule has 0 radical (unpaired) electrons. The van der Waals surface area contributed by atoms with E-state index in [-0.39, 0.29) is 12.0 Å². The summed E-state index contributed by atoms with van der Waals surface area (Å²) in [5, 5.41) is 0. The highest BCUT2D eigenvalue weighted by molar-refractivity contribution is 5.76. The van der Waals surface area contributed by atoms with Crippen LogP contribution in [0.3, 0.4) is 0 Å². The van der Waals surface area contributed by atoms with Crippen molar-refractivity contribution in [3.63, 3.8) is 0 Å². The van der Waals surface area contributed by atoms with Gasteiger partial charge >= 0.3 is 0 Å². The number of likely N-dealkylation sites (N-methyl/N-ethyl adjacent to an activating group) is 1. The Morgan fingerprint density at radius 3 is 2.77 bits per heavy atom. The summed E-state index contributed by atoms with van der Waals surface area (Å²) >= 11 is 0. The summed E-state index contributed by atoms with van der Waals surface area (Å²) in [5.74, 6) is 2.34. The molecule has 1 atom stereocenters. The van der Waals surface area contributed by atoms with E-state index in [0.29, 0.717) is 32.7 Å². The van der Waals surface area contributed by atoms with Crippen molar-refractivity contribution >= 4 is 5.91 Å². The summed E-state index contributed by atoms with van der Waals surface area (Å²) in [6, 6.07) is 15.4. The van der Waals surface area contributed by atoms with E-state index in [1.165, 1.54) is 0 Å². The maximum absolute atomic E-state index is 12.5. The lowest BCUT2D eigenvalue weighted by atomic mass is 10.2. The van der Waals surface area contributed by atoms with Crippen LogP contribution < -0.4 is 14.2 Å². The number of amides is 1. The highest BCUT2D eigenvalue weighted by Gasteiger charge is 2.24. The average Bonchev–Trinajstić information content (AvgIpc) is 2.66. The molecule has 0 bridgehead atoms. The molecule has 26 heavy (non-hydrogen) atoms. The van der Waals surface area contributed by atoms with E-state index in [9.17, 15) is 4.79 Å². The fraction of sp³-hybridized carbons (Fsp3) is 0.381. The molecule has 0 aliphatic carbocycles. The van der Waals surface area contributed by atoms with Crippen molar-refractivity contribution in [2.45, 2.75) is 26.4 Å². The first kappa shape index (κ1) is 18.1. The van der Waals surface area contributed by atoms with Gasteiger partial charge in [-0.15, -0.1) is 0 Å². The standard InChI is InChI=1S/C21H25NO4/c1-3-22(14-18-15-25-19-9-4-5-10-20(19)26-18)21(23)11-12-24-17-8-6-7-16(2)13-17/h4-10,13,18H,3,11-12,14-15H2,1-2H3. The lowest BCUT2D eigenvalue weighted by Gasteiger charge is -2.31. The number of fused-ring (bicyclic) bond motifs is 1. The maximum Gasteiger partial charge on any atom is 0.226 e. The van der Waals surface area contributed by atoms with E-state index in [1.54, 1.807) is 4.90 Å². The zero-order valence-corrected chi connectivity index (χ0v) is 15.3. The molecule has 1 heterocycles. The molecule has 0 fully saturated rings. The molecule has 138 valence electrons. The molecule has 0 spiro atoms. The van der Waals surface area contributed by atoms with Crippen molar-refractivity contribution < 1.29 is 19.0 Å². The van der Waals surface area contributed by atoms with Crippen LogP contribution in [0.1, 0.15) is 18.9 Å². The minimum absolute atomic E-state index is 0.0580. The third-order valence-electron chi connectivity index (χ3n) is 4.30. The number of hydrogen-bond donors (Lipinski definition) is 0. The second kappa shape index (κ2) is 8.61. The summed E-state index contributed by atoms with van der Waals surface area (Å²) in [5.41, 5.74) is 1.14. The molecule has 0 saturated heterocycles. The van der Waals surface area contributed by atoms with Crippen LogP contribution in [0.15, 0.2) is 48.5 Å². The molecular weight excluding hydrogens is 330 g/mol. The molecule has 2 aromatic rings. The van der Waals surface area contributed by atoms with Crippen molar-refractivity contribution in [1.29, 1.82) is 0 Å². The zero-order valence-electron chi connectivity index (χ0n) is 15.3. The summed E-state index contributed by atoms with van der Waals surface area (Å²) < 4.78 is 17.4. The van der Waals surface area contributed by atoms with Crippen LogP contribution in [-0.4, -0.2) is 43.2 Å². The predicted molar refractivity (Wildman–Crippen MR) is 99.9 cm³/mol. The first-order chi connectivity index (χ1) is 12.7. The fourth-order valence-electron chi connectivity index (χ4n) is 2.93. The predicted octanol–water partition coefficient (Wildman–Crippen LogP) is 3.45. The monoisotopic (exact) mass is 355 g/mol. The summed E-state index contributed by atoms with van der Waals surface area (Å²) in [4.78, 5) is 14.3. The molecular formula is C21H25NO4. The number of carbonyl (C=O) groups excluding carboxylic acids is 1. The van der Waals surface area contributed by atoms with Gasteiger partial charge in [-0.1, -0.05) is 24.3 Å². The Kier molecular flexibility index (Phi) is 6.00. The third-order valence-corrected chi connectivity index (χ3v) is 4.30. The second-order valence-electron chi connectivity index (χ2n) is 6.34. The number of hydrogen-bond acceptors (Lipinski definition) is 4. The fourth-order valence-corrected chi connectivity index (χ4v) is 2.93. The number of carbonyl (C=O) groups is 1. The van der Waals surface area contributed by atoms with Crippen LogP contribution in [0.2, 0.25) is 0 Å². The quantitative estimate of drug-likeness (QED) is 0.763. The van der Waals surface area contributed by atoms with Crippen LogP contribution in [-0.2, 0) is 4.79 Å². The molecule has 0 N–H and O–H groups in total. The van der Waals surface area contributed by atoms with Crippen LogP contribution in [0.4, 0.5) is 0 Å². The van der Waals surface area contributed by atoms with Gasteiger partial charge in [0.15, 0.2) is 17.6 Å². The first-order valence-electron chi connectivity index (χ1n) is 9.01. The number of nitrogens with zero attached hydrogens (tertiary/aromatic N) is 1. The normalized spacial score (nSPS) is 15.4. The van der Waals surface area contributed by atoms with E-state index < -0.39 is 0 Å². The molecule has 0 aromatic heterocycles. The number of aryl methyl sites for hydroxylation is 1. The Bertz CT molecular complexity index is 746. The van der Waals surface area contributed by atoms with Gasteiger partial charge in [0.1, 0.15) is 12.4 Å². The second-order valence-corrected chi connectivity index (χ2v) is 6.34. The lowest BCUT2D eigenvalue weighted by Crippen LogP contribution is -2.43. The van der Waals surface area contributed by atoms with E-state index in [2.05, 4.69) is 0 Å². The van der Waals surface area contributed by atoms with Gasteiger partial charge in [-0.2, -0.15) is 0 Å². The van der Waals surface area contributed by atoms with Crippen LogP contribution in [0.25, 0.3) is 0 Å². The van der Waals surface area contributed by atoms with Gasteiger partial charge in [-0.25, -0.2) is 0 Å². The average molecular weight is 355 g/mol. The summed E-state index contributed by atoms with van der Waals surface area (Å²) in [6.07, 6.45) is 0.179. The Balaban J connectivity index is 1.48. The largest absolute Gasteiger partial charge is 0.493 e. The van der Waals surface area contributed by atoms with E-state index in [1.807, 2.05) is 62.4 Å². The number of para-hydroxylation sites is 2. The number of rotatable bonds is 7. The SMILES string of the molecule is CCN(CC1COc2ccccc2O1)C(=O)CCOc1cccc(C)c1. The third kappa shape index (κ3) is 4.69. The van der Waals surface area contributed by atoms with Crippen molar-refractivity contribution in [1.82, 2.24) is 4.90 Å². The minimum atomic E-state index is -0.161. The van der Waals surface area contributed by atoms with E-state index >= 15 is 0 Å². The van der Waals surface area contributed by atoms with Gasteiger partial charge in [-0.05, 0) is 43.7 Å². The van der Waals surface area contributed by atoms with Gasteiger partial charge in [0.2, 0.25) is 5.91 Å². The summed E-state index contributed by atoms with van der Waals surface area (Å²) in [7, 11) is 0. The Labute approximate surface area is 154 Å². The van der Waals surface area contributed by atoms with Gasteiger partial charge in [-0.3, -0.25) is 4.79 Å². The first-order valence-corrected chi connectivity index (χ1v) is 9.01. The van der Waals surface area contributed by atoms with Crippen molar-refractivity contribution in [3.05, 3.63) is 54.1 Å².